The Hall–Kier alpha value is -2.36. The predicted molar refractivity (Wildman–Crippen MR) is 141 cm³/mol. The number of fused-ring (bicyclic) bond motifs is 10. The molecule has 0 fully saturated rings. The van der Waals surface area contributed by atoms with Crippen LogP contribution in [0.4, 0.5) is 5.69 Å². The summed E-state index contributed by atoms with van der Waals surface area (Å²) in [6.07, 6.45) is 0. The third-order valence-corrected chi connectivity index (χ3v) is 8.08. The SMILES string of the molecule is CC(C)(C)c1ccc2c(c1)C1(c3cc(N)ccc3-2)c2cc(Br)ccc2-c2ccc(Br)cc21. The molecule has 2 aliphatic carbocycles. The van der Waals surface area contributed by atoms with Crippen LogP contribution in [0.5, 0.6) is 0 Å². The van der Waals surface area contributed by atoms with Crippen molar-refractivity contribution in [2.75, 3.05) is 5.73 Å². The van der Waals surface area contributed by atoms with Gasteiger partial charge >= 0.3 is 0 Å². The first-order chi connectivity index (χ1) is 15.2. The molecular formula is C29H23Br2N. The fraction of sp³-hybridized carbons (Fsp3) is 0.172. The minimum Gasteiger partial charge on any atom is -0.399 e. The van der Waals surface area contributed by atoms with Crippen LogP contribution in [0.25, 0.3) is 22.3 Å². The fourth-order valence-electron chi connectivity index (χ4n) is 5.66. The Bertz CT molecular complexity index is 1370. The molecule has 0 heterocycles. The van der Waals surface area contributed by atoms with Crippen LogP contribution in [0, 0.1) is 0 Å². The minimum atomic E-state index is -0.389. The second-order valence-corrected chi connectivity index (χ2v) is 11.8. The standard InChI is InChI=1S/C29H23Br2N/c1-28(2,3)16-4-8-20-23-11-7-19(32)15-27(23)29(24(20)12-16)25-13-17(30)5-9-21(25)22-10-6-18(31)14-26(22)29/h4-15H,32H2,1-3H3. The third-order valence-electron chi connectivity index (χ3n) is 7.09. The van der Waals surface area contributed by atoms with Gasteiger partial charge in [-0.1, -0.05) is 89.0 Å². The van der Waals surface area contributed by atoms with Crippen LogP contribution >= 0.6 is 31.9 Å². The predicted octanol–water partition coefficient (Wildman–Crippen LogP) is 8.43. The number of rotatable bonds is 0. The van der Waals surface area contributed by atoms with Crippen molar-refractivity contribution in [3.8, 4) is 22.3 Å². The van der Waals surface area contributed by atoms with Crippen molar-refractivity contribution in [1.29, 1.82) is 0 Å². The third kappa shape index (κ3) is 2.55. The van der Waals surface area contributed by atoms with Crippen LogP contribution in [0.2, 0.25) is 0 Å². The lowest BCUT2D eigenvalue weighted by atomic mass is 9.69. The summed E-state index contributed by atoms with van der Waals surface area (Å²) in [7, 11) is 0. The summed E-state index contributed by atoms with van der Waals surface area (Å²) in [6, 6.07) is 26.8. The van der Waals surface area contributed by atoms with Gasteiger partial charge in [-0.25, -0.2) is 0 Å². The van der Waals surface area contributed by atoms with Gasteiger partial charge in [0.1, 0.15) is 0 Å². The average molecular weight is 545 g/mol. The van der Waals surface area contributed by atoms with Crippen molar-refractivity contribution < 1.29 is 0 Å². The van der Waals surface area contributed by atoms with Crippen LogP contribution in [-0.2, 0) is 10.8 Å². The first-order valence-electron chi connectivity index (χ1n) is 10.9. The first-order valence-corrected chi connectivity index (χ1v) is 12.5. The Morgan fingerprint density at radius 1 is 0.594 bits per heavy atom. The zero-order valence-corrected chi connectivity index (χ0v) is 21.4. The summed E-state index contributed by atoms with van der Waals surface area (Å²) in [4.78, 5) is 0. The molecule has 158 valence electrons. The Morgan fingerprint density at radius 2 is 1.03 bits per heavy atom. The average Bonchev–Trinajstić information content (AvgIpc) is 3.18. The fourth-order valence-corrected chi connectivity index (χ4v) is 6.38. The molecule has 3 heteroatoms. The monoisotopic (exact) mass is 543 g/mol. The smallest absolute Gasteiger partial charge is 0.0727 e. The van der Waals surface area contributed by atoms with E-state index in [0.717, 1.165) is 14.6 Å². The van der Waals surface area contributed by atoms with Crippen LogP contribution in [-0.4, -0.2) is 0 Å². The molecule has 1 spiro atoms. The van der Waals surface area contributed by atoms with E-state index in [1.165, 1.54) is 50.1 Å². The largest absolute Gasteiger partial charge is 0.399 e. The molecular weight excluding hydrogens is 522 g/mol. The highest BCUT2D eigenvalue weighted by Gasteiger charge is 2.52. The Labute approximate surface area is 205 Å². The highest BCUT2D eigenvalue weighted by Crippen LogP contribution is 2.63. The molecule has 0 aliphatic heterocycles. The molecule has 0 saturated heterocycles. The summed E-state index contributed by atoms with van der Waals surface area (Å²) < 4.78 is 2.18. The molecule has 0 saturated carbocycles. The minimum absolute atomic E-state index is 0.0584. The second kappa shape index (κ2) is 6.59. The van der Waals surface area contributed by atoms with Gasteiger partial charge in [0.05, 0.1) is 5.41 Å². The van der Waals surface area contributed by atoms with E-state index in [0.29, 0.717) is 0 Å². The summed E-state index contributed by atoms with van der Waals surface area (Å²) in [5.41, 5.74) is 18.6. The molecule has 2 aliphatic rings. The molecule has 0 bridgehead atoms. The van der Waals surface area contributed by atoms with Crippen molar-refractivity contribution in [3.05, 3.63) is 110 Å². The van der Waals surface area contributed by atoms with Crippen LogP contribution in [0.15, 0.2) is 81.7 Å². The van der Waals surface area contributed by atoms with Crippen molar-refractivity contribution in [2.24, 2.45) is 0 Å². The van der Waals surface area contributed by atoms with E-state index in [-0.39, 0.29) is 10.8 Å². The molecule has 4 aromatic rings. The Balaban J connectivity index is 1.84. The lowest BCUT2D eigenvalue weighted by Gasteiger charge is -2.32. The van der Waals surface area contributed by atoms with E-state index < -0.39 is 0 Å². The molecule has 0 unspecified atom stereocenters. The normalized spacial score (nSPS) is 14.8. The lowest BCUT2D eigenvalue weighted by Crippen LogP contribution is -2.27. The van der Waals surface area contributed by atoms with Crippen molar-refractivity contribution in [1.82, 2.24) is 0 Å². The highest BCUT2D eigenvalue weighted by atomic mass is 79.9. The Morgan fingerprint density at radius 3 is 1.56 bits per heavy atom. The molecule has 32 heavy (non-hydrogen) atoms. The van der Waals surface area contributed by atoms with Crippen molar-refractivity contribution in [2.45, 2.75) is 31.6 Å². The zero-order chi connectivity index (χ0) is 22.4. The summed E-state index contributed by atoms with van der Waals surface area (Å²) >= 11 is 7.52. The molecule has 0 radical (unpaired) electrons. The van der Waals surface area contributed by atoms with E-state index in [4.69, 9.17) is 5.73 Å². The first kappa shape index (κ1) is 20.3. The molecule has 1 nitrogen and oxygen atoms in total. The lowest BCUT2D eigenvalue weighted by molar-refractivity contribution is 0.588. The van der Waals surface area contributed by atoms with E-state index in [1.54, 1.807) is 0 Å². The van der Waals surface area contributed by atoms with Crippen LogP contribution in [0.1, 0.15) is 48.6 Å². The number of hydrogen-bond acceptors (Lipinski definition) is 1. The van der Waals surface area contributed by atoms with Crippen molar-refractivity contribution in [3.63, 3.8) is 0 Å². The van der Waals surface area contributed by atoms with E-state index in [2.05, 4.69) is 119 Å². The highest BCUT2D eigenvalue weighted by molar-refractivity contribution is 9.10. The molecule has 6 rings (SSSR count). The van der Waals surface area contributed by atoms with Gasteiger partial charge in [-0.05, 0) is 91.9 Å². The molecule has 0 aromatic heterocycles. The zero-order valence-electron chi connectivity index (χ0n) is 18.3. The molecule has 0 atom stereocenters. The number of hydrogen-bond donors (Lipinski definition) is 1. The van der Waals surface area contributed by atoms with Gasteiger partial charge in [0.2, 0.25) is 0 Å². The quantitative estimate of drug-likeness (QED) is 0.191. The van der Waals surface area contributed by atoms with Crippen LogP contribution < -0.4 is 5.73 Å². The van der Waals surface area contributed by atoms with Crippen molar-refractivity contribution >= 4 is 37.5 Å². The number of halogens is 2. The van der Waals surface area contributed by atoms with E-state index in [9.17, 15) is 0 Å². The number of anilines is 1. The van der Waals surface area contributed by atoms with E-state index in [1.807, 2.05) is 6.07 Å². The molecule has 4 aromatic carbocycles. The van der Waals surface area contributed by atoms with E-state index >= 15 is 0 Å². The number of nitrogens with two attached hydrogens (primary N) is 1. The summed E-state index contributed by atoms with van der Waals surface area (Å²) in [5.74, 6) is 0. The number of nitrogen functional groups attached to an aromatic ring is 1. The van der Waals surface area contributed by atoms with Crippen LogP contribution in [0.3, 0.4) is 0 Å². The van der Waals surface area contributed by atoms with Gasteiger partial charge < -0.3 is 5.73 Å². The van der Waals surface area contributed by atoms with Gasteiger partial charge in [0.25, 0.3) is 0 Å². The van der Waals surface area contributed by atoms with Gasteiger partial charge in [0.15, 0.2) is 0 Å². The Kier molecular flexibility index (Phi) is 4.17. The maximum Gasteiger partial charge on any atom is 0.0727 e. The molecule has 2 N–H and O–H groups in total. The maximum absolute atomic E-state index is 6.40. The maximum atomic E-state index is 6.40. The van der Waals surface area contributed by atoms with Gasteiger partial charge in [-0.2, -0.15) is 0 Å². The van der Waals surface area contributed by atoms with Gasteiger partial charge in [-0.3, -0.25) is 0 Å². The van der Waals surface area contributed by atoms with Gasteiger partial charge in [-0.15, -0.1) is 0 Å². The number of benzene rings is 4. The van der Waals surface area contributed by atoms with Gasteiger partial charge in [0, 0.05) is 14.6 Å². The summed E-state index contributed by atoms with van der Waals surface area (Å²) in [6.45, 7) is 6.85. The topological polar surface area (TPSA) is 26.0 Å². The summed E-state index contributed by atoms with van der Waals surface area (Å²) in [5, 5.41) is 0. The molecule has 0 amide bonds. The second-order valence-electron chi connectivity index (χ2n) is 9.95.